The number of carbonyl (C=O) groups excluding carboxylic acids is 1. The van der Waals surface area contributed by atoms with Crippen LogP contribution in [-0.2, 0) is 21.4 Å². The van der Waals surface area contributed by atoms with Crippen LogP contribution >= 0.6 is 23.5 Å². The molecule has 0 aliphatic carbocycles. The molecule has 0 radical (unpaired) electrons. The van der Waals surface area contributed by atoms with E-state index < -0.39 is 23.0 Å². The van der Waals surface area contributed by atoms with Gasteiger partial charge in [0.05, 0.1) is 0 Å². The molecule has 2 aliphatic rings. The predicted octanol–water partition coefficient (Wildman–Crippen LogP) is -1.14. The molecular formula is C11H14N6O4S2. The lowest BCUT2D eigenvalue weighted by Gasteiger charge is -2.54. The Morgan fingerprint density at radius 1 is 1.65 bits per heavy atom. The van der Waals surface area contributed by atoms with E-state index >= 15 is 0 Å². The Morgan fingerprint density at radius 3 is 2.96 bits per heavy atom. The van der Waals surface area contributed by atoms with Crippen molar-refractivity contribution in [2.45, 2.75) is 16.3 Å². The number of aryl methyl sites for hydroxylation is 1. The van der Waals surface area contributed by atoms with Gasteiger partial charge in [-0.05, 0) is 16.0 Å². The number of methoxy groups -OCH3 is 1. The Labute approximate surface area is 139 Å². The molecule has 1 aromatic heterocycles. The Kier molecular flexibility index (Phi) is 4.08. The molecule has 10 nitrogen and oxygen atoms in total. The molecule has 23 heavy (non-hydrogen) atoms. The van der Waals surface area contributed by atoms with Gasteiger partial charge >= 0.3 is 5.97 Å². The first-order valence-corrected chi connectivity index (χ1v) is 8.53. The lowest BCUT2D eigenvalue weighted by molar-refractivity contribution is -0.182. The van der Waals surface area contributed by atoms with Crippen molar-refractivity contribution in [3.63, 3.8) is 0 Å². The summed E-state index contributed by atoms with van der Waals surface area (Å²) in [7, 11) is 3.03. The topological polar surface area (TPSA) is 136 Å². The molecule has 2 aliphatic heterocycles. The number of amides is 1. The molecule has 0 spiro atoms. The number of aromatic nitrogens is 4. The maximum Gasteiger partial charge on any atom is 0.352 e. The van der Waals surface area contributed by atoms with Crippen LogP contribution in [0.2, 0.25) is 0 Å². The fourth-order valence-electron chi connectivity index (χ4n) is 2.41. The molecule has 1 amide bonds. The molecule has 0 unspecified atom stereocenters. The van der Waals surface area contributed by atoms with Crippen molar-refractivity contribution in [1.82, 2.24) is 25.1 Å². The number of hydrogen-bond acceptors (Lipinski definition) is 9. The van der Waals surface area contributed by atoms with Gasteiger partial charge in [0.1, 0.15) is 11.1 Å². The largest absolute Gasteiger partial charge is 0.477 e. The van der Waals surface area contributed by atoms with Gasteiger partial charge in [-0.2, -0.15) is 0 Å². The number of tetrazole rings is 1. The van der Waals surface area contributed by atoms with E-state index in [0.29, 0.717) is 22.2 Å². The SMILES string of the molecule is CO[C@@]1(N)C(=O)N2C(C(=O)O)=C(CSc3nnnn3C)CS[C@H]21. The zero-order chi connectivity index (χ0) is 16.8. The second-order valence-corrected chi connectivity index (χ2v) is 6.98. The summed E-state index contributed by atoms with van der Waals surface area (Å²) >= 11 is 2.69. The van der Waals surface area contributed by atoms with Crippen molar-refractivity contribution < 1.29 is 19.4 Å². The quantitative estimate of drug-likeness (QED) is 0.377. The second kappa shape index (κ2) is 5.78. The average Bonchev–Trinajstić information content (AvgIpc) is 2.95. The van der Waals surface area contributed by atoms with Gasteiger partial charge in [-0.25, -0.2) is 9.48 Å². The van der Waals surface area contributed by atoms with Gasteiger partial charge in [-0.3, -0.25) is 15.4 Å². The number of aliphatic carboxylic acids is 1. The lowest BCUT2D eigenvalue weighted by atomic mass is 10.00. The third kappa shape index (κ3) is 2.41. The van der Waals surface area contributed by atoms with E-state index in [4.69, 9.17) is 10.5 Å². The third-order valence-electron chi connectivity index (χ3n) is 3.64. The Morgan fingerprint density at radius 2 is 2.39 bits per heavy atom. The van der Waals surface area contributed by atoms with E-state index in [1.165, 1.54) is 40.2 Å². The average molecular weight is 358 g/mol. The number of rotatable bonds is 5. The minimum atomic E-state index is -1.46. The maximum atomic E-state index is 12.2. The summed E-state index contributed by atoms with van der Waals surface area (Å²) in [6, 6.07) is 0. The summed E-state index contributed by atoms with van der Waals surface area (Å²) in [4.78, 5) is 25.0. The molecule has 1 fully saturated rings. The minimum absolute atomic E-state index is 0.0282. The maximum absolute atomic E-state index is 12.2. The number of carbonyl (C=O) groups is 2. The predicted molar refractivity (Wildman–Crippen MR) is 81.2 cm³/mol. The number of nitrogens with zero attached hydrogens (tertiary/aromatic N) is 5. The zero-order valence-corrected chi connectivity index (χ0v) is 13.9. The molecule has 1 aromatic rings. The van der Waals surface area contributed by atoms with Crippen LogP contribution in [0.3, 0.4) is 0 Å². The van der Waals surface area contributed by atoms with E-state index in [1.807, 2.05) is 0 Å². The number of β-lactam (4-membered cyclic amide) rings is 1. The van der Waals surface area contributed by atoms with Crippen molar-refractivity contribution in [2.24, 2.45) is 12.8 Å². The summed E-state index contributed by atoms with van der Waals surface area (Å²) in [6.07, 6.45) is 0. The molecule has 0 bridgehead atoms. The minimum Gasteiger partial charge on any atom is -0.477 e. The van der Waals surface area contributed by atoms with E-state index in [-0.39, 0.29) is 5.70 Å². The summed E-state index contributed by atoms with van der Waals surface area (Å²) in [5.74, 6) is -0.897. The first-order chi connectivity index (χ1) is 10.9. The van der Waals surface area contributed by atoms with Crippen molar-refractivity contribution in [2.75, 3.05) is 18.6 Å². The van der Waals surface area contributed by atoms with Crippen LogP contribution in [0, 0.1) is 0 Å². The standard InChI is InChI=1S/C11H14N6O4S2/c1-16-10(13-14-15-16)23-4-5-3-22-9-11(12,21-2)8(20)17(9)6(5)7(18)19/h9H,3-4,12H2,1-2H3,(H,18,19)/t9-,11-/m0/s1. The fraction of sp³-hybridized carbons (Fsp3) is 0.545. The normalized spacial score (nSPS) is 27.0. The number of thioether (sulfide) groups is 2. The van der Waals surface area contributed by atoms with Gasteiger partial charge in [0, 0.05) is 25.7 Å². The van der Waals surface area contributed by atoms with Crippen molar-refractivity contribution in [3.8, 4) is 0 Å². The van der Waals surface area contributed by atoms with E-state index in [9.17, 15) is 14.7 Å². The molecule has 2 atom stereocenters. The number of hydrogen-bond donors (Lipinski definition) is 2. The lowest BCUT2D eigenvalue weighted by Crippen LogP contribution is -2.78. The Hall–Kier alpha value is -1.63. The van der Waals surface area contributed by atoms with E-state index in [1.54, 1.807) is 7.05 Å². The summed E-state index contributed by atoms with van der Waals surface area (Å²) in [5.41, 5.74) is 5.03. The zero-order valence-electron chi connectivity index (χ0n) is 12.3. The van der Waals surface area contributed by atoms with Gasteiger partial charge in [0.15, 0.2) is 0 Å². The highest BCUT2D eigenvalue weighted by Gasteiger charge is 2.63. The van der Waals surface area contributed by atoms with E-state index in [2.05, 4.69) is 15.5 Å². The summed E-state index contributed by atoms with van der Waals surface area (Å²) in [6.45, 7) is 0. The van der Waals surface area contributed by atoms with Crippen LogP contribution in [0.5, 0.6) is 0 Å². The van der Waals surface area contributed by atoms with Crippen LogP contribution in [0.15, 0.2) is 16.4 Å². The van der Waals surface area contributed by atoms with Gasteiger partial charge in [-0.15, -0.1) is 16.9 Å². The Balaban J connectivity index is 1.85. The van der Waals surface area contributed by atoms with Crippen LogP contribution < -0.4 is 5.73 Å². The van der Waals surface area contributed by atoms with Crippen molar-refractivity contribution >= 4 is 35.4 Å². The van der Waals surface area contributed by atoms with Crippen molar-refractivity contribution in [1.29, 1.82) is 0 Å². The molecule has 1 saturated heterocycles. The van der Waals surface area contributed by atoms with Crippen LogP contribution in [0.25, 0.3) is 0 Å². The van der Waals surface area contributed by atoms with Crippen LogP contribution in [0.4, 0.5) is 0 Å². The second-order valence-electron chi connectivity index (χ2n) is 4.97. The van der Waals surface area contributed by atoms with E-state index in [0.717, 1.165) is 0 Å². The molecule has 0 saturated carbocycles. The molecule has 12 heteroatoms. The molecular weight excluding hydrogens is 344 g/mol. The van der Waals surface area contributed by atoms with Crippen molar-refractivity contribution in [3.05, 3.63) is 11.3 Å². The molecule has 3 rings (SSSR count). The summed E-state index contributed by atoms with van der Waals surface area (Å²) < 4.78 is 6.56. The summed E-state index contributed by atoms with van der Waals surface area (Å²) in [5, 5.41) is 20.6. The fourth-order valence-corrected chi connectivity index (χ4v) is 4.79. The molecule has 124 valence electrons. The number of carboxylic acids is 1. The molecule has 3 N–H and O–H groups in total. The number of fused-ring (bicyclic) bond motifs is 1. The highest BCUT2D eigenvalue weighted by molar-refractivity contribution is 8.01. The smallest absolute Gasteiger partial charge is 0.352 e. The molecule has 3 heterocycles. The van der Waals surface area contributed by atoms with Gasteiger partial charge in [-0.1, -0.05) is 11.8 Å². The highest BCUT2D eigenvalue weighted by atomic mass is 32.2. The van der Waals surface area contributed by atoms with Gasteiger partial charge < -0.3 is 9.84 Å². The van der Waals surface area contributed by atoms with Gasteiger partial charge in [0.25, 0.3) is 5.91 Å². The van der Waals surface area contributed by atoms with Crippen LogP contribution in [0.1, 0.15) is 0 Å². The van der Waals surface area contributed by atoms with Crippen LogP contribution in [-0.4, -0.2) is 71.8 Å². The van der Waals surface area contributed by atoms with Gasteiger partial charge in [0.2, 0.25) is 10.9 Å². The number of carboxylic acid groups (broad SMARTS) is 1. The third-order valence-corrected chi connectivity index (χ3v) is 6.13. The first kappa shape index (κ1) is 16.2. The Bertz CT molecular complexity index is 706. The monoisotopic (exact) mass is 358 g/mol. The highest BCUT2D eigenvalue weighted by Crippen LogP contribution is 2.45. The first-order valence-electron chi connectivity index (χ1n) is 6.50. The number of nitrogens with two attached hydrogens (primary N) is 1. The molecule has 0 aromatic carbocycles. The number of ether oxygens (including phenoxy) is 1.